The number of hydrogen-bond acceptors (Lipinski definition) is 5. The molecule has 0 aromatic heterocycles. The Morgan fingerprint density at radius 2 is 1.64 bits per heavy atom. The maximum Gasteiger partial charge on any atom is 0.175 e. The van der Waals surface area contributed by atoms with Gasteiger partial charge in [-0.1, -0.05) is 29.8 Å². The summed E-state index contributed by atoms with van der Waals surface area (Å²) in [6, 6.07) is 11.4. The number of ether oxygens (including phenoxy) is 2. The summed E-state index contributed by atoms with van der Waals surface area (Å²) < 4.78 is 12.6. The van der Waals surface area contributed by atoms with Crippen molar-refractivity contribution in [2.24, 2.45) is 0 Å². The summed E-state index contributed by atoms with van der Waals surface area (Å²) >= 11 is 9.99. The summed E-state index contributed by atoms with van der Waals surface area (Å²) in [6.07, 6.45) is 4.43. The molecule has 5 rings (SSSR count). The van der Waals surface area contributed by atoms with Crippen molar-refractivity contribution in [3.8, 4) is 11.5 Å². The third-order valence-electron chi connectivity index (χ3n) is 7.32. The second kappa shape index (κ2) is 10.4. The Hall–Kier alpha value is -2.57. The molecule has 1 aliphatic heterocycles. The lowest BCUT2D eigenvalue weighted by atomic mass is 9.71. The van der Waals surface area contributed by atoms with Gasteiger partial charge < -0.3 is 14.4 Å². The summed E-state index contributed by atoms with van der Waals surface area (Å²) in [5.74, 6) is 0.986. The second-order valence-electron chi connectivity index (χ2n) is 9.37. The fourth-order valence-electron chi connectivity index (χ4n) is 5.74. The maximum absolute atomic E-state index is 13.4. The van der Waals surface area contributed by atoms with Gasteiger partial charge in [-0.3, -0.25) is 9.59 Å². The van der Waals surface area contributed by atoms with Gasteiger partial charge >= 0.3 is 0 Å². The number of rotatable bonds is 6. The van der Waals surface area contributed by atoms with Crippen LogP contribution in [-0.2, 0) is 16.2 Å². The number of hydrogen-bond donors (Lipinski definition) is 0. The molecular formula is C29H29BrClNO4. The fraction of sp³-hybridized carbons (Fsp3) is 0.379. The molecule has 2 aliphatic carbocycles. The number of Topliss-reactive ketones (excluding diaryl/α,β-unsaturated/α-hetero) is 2. The number of ketones is 2. The van der Waals surface area contributed by atoms with E-state index in [0.29, 0.717) is 33.8 Å². The van der Waals surface area contributed by atoms with E-state index in [1.165, 1.54) is 0 Å². The summed E-state index contributed by atoms with van der Waals surface area (Å²) in [5.41, 5.74) is 5.45. The van der Waals surface area contributed by atoms with Gasteiger partial charge in [-0.2, -0.15) is 0 Å². The first-order chi connectivity index (χ1) is 17.4. The molecule has 0 unspecified atom stereocenters. The minimum Gasteiger partial charge on any atom is -0.493 e. The van der Waals surface area contributed by atoms with Crippen molar-refractivity contribution in [2.75, 3.05) is 13.7 Å². The molecule has 1 heterocycles. The van der Waals surface area contributed by atoms with Crippen molar-refractivity contribution in [3.63, 3.8) is 0 Å². The number of carbonyl (C=O) groups excluding carboxylic acids is 2. The first-order valence-corrected chi connectivity index (χ1v) is 13.6. The van der Waals surface area contributed by atoms with Gasteiger partial charge in [0, 0.05) is 58.4 Å². The normalized spacial score (nSPS) is 18.4. The molecule has 0 radical (unpaired) electrons. The van der Waals surface area contributed by atoms with Gasteiger partial charge in [0.05, 0.1) is 11.6 Å². The summed E-state index contributed by atoms with van der Waals surface area (Å²) in [6.45, 7) is 3.13. The third kappa shape index (κ3) is 4.39. The predicted molar refractivity (Wildman–Crippen MR) is 143 cm³/mol. The Morgan fingerprint density at radius 3 is 2.22 bits per heavy atom. The molecule has 2 aromatic rings. The van der Waals surface area contributed by atoms with Crippen LogP contribution >= 0.6 is 27.5 Å². The second-order valence-corrected chi connectivity index (χ2v) is 10.6. The van der Waals surface area contributed by atoms with Gasteiger partial charge in [0.25, 0.3) is 0 Å². The van der Waals surface area contributed by atoms with Crippen LogP contribution in [0.3, 0.4) is 0 Å². The van der Waals surface area contributed by atoms with Crippen molar-refractivity contribution in [3.05, 3.63) is 79.6 Å². The van der Waals surface area contributed by atoms with E-state index in [2.05, 4.69) is 27.8 Å². The number of benzene rings is 2. The lowest BCUT2D eigenvalue weighted by Gasteiger charge is -2.43. The minimum atomic E-state index is -0.388. The van der Waals surface area contributed by atoms with Crippen molar-refractivity contribution >= 4 is 39.1 Å². The Morgan fingerprint density at radius 1 is 1.00 bits per heavy atom. The largest absolute Gasteiger partial charge is 0.493 e. The molecule has 0 spiro atoms. The van der Waals surface area contributed by atoms with Crippen LogP contribution < -0.4 is 9.47 Å². The molecule has 2 aromatic carbocycles. The molecule has 0 atom stereocenters. The molecule has 0 bridgehead atoms. The zero-order valence-corrected chi connectivity index (χ0v) is 22.9. The van der Waals surface area contributed by atoms with Crippen LogP contribution in [0.2, 0.25) is 5.02 Å². The van der Waals surface area contributed by atoms with Gasteiger partial charge in [-0.05, 0) is 72.3 Å². The first-order valence-electron chi connectivity index (χ1n) is 12.5. The molecule has 0 N–H and O–H groups in total. The van der Waals surface area contributed by atoms with Crippen LogP contribution in [0.4, 0.5) is 0 Å². The van der Waals surface area contributed by atoms with Crippen LogP contribution in [0, 0.1) is 0 Å². The highest BCUT2D eigenvalue weighted by molar-refractivity contribution is 9.10. The van der Waals surface area contributed by atoms with E-state index < -0.39 is 0 Å². The highest BCUT2D eigenvalue weighted by atomic mass is 79.9. The Balaban J connectivity index is 1.60. The van der Waals surface area contributed by atoms with Crippen LogP contribution in [0.25, 0.3) is 0 Å². The highest BCUT2D eigenvalue weighted by Gasteiger charge is 2.43. The Kier molecular flexibility index (Phi) is 7.27. The van der Waals surface area contributed by atoms with Gasteiger partial charge in [0.2, 0.25) is 0 Å². The summed E-state index contributed by atoms with van der Waals surface area (Å²) in [5, 5.41) is 0.637. The number of allylic oxidation sites excluding steroid dienone is 4. The van der Waals surface area contributed by atoms with Gasteiger partial charge in [-0.15, -0.1) is 0 Å². The lowest BCUT2D eigenvalue weighted by Crippen LogP contribution is -2.39. The van der Waals surface area contributed by atoms with E-state index in [4.69, 9.17) is 21.1 Å². The molecular weight excluding hydrogens is 542 g/mol. The van der Waals surface area contributed by atoms with Crippen LogP contribution in [0.1, 0.15) is 62.5 Å². The average molecular weight is 571 g/mol. The molecule has 36 heavy (non-hydrogen) atoms. The SMILES string of the molecule is CCN1C2=C(C(=O)CCC2)C(c2cc(Br)c(OCc3ccccc3Cl)c(OC)c2)C2=C1CCCC2=O. The standard InChI is InChI=1S/C29H29BrClNO4/c1-3-32-21-10-6-12-23(33)27(21)26(28-22(32)11-7-13-24(28)34)18-14-19(30)29(25(15-18)35-2)36-16-17-8-4-5-9-20(17)31/h4-5,8-9,14-15,26H,3,6-7,10-13,16H2,1-2H3. The van der Waals surface area contributed by atoms with Crippen LogP contribution in [-0.4, -0.2) is 30.1 Å². The monoisotopic (exact) mass is 569 g/mol. The molecule has 0 saturated heterocycles. The van der Waals surface area contributed by atoms with Crippen molar-refractivity contribution in [1.29, 1.82) is 0 Å². The lowest BCUT2D eigenvalue weighted by molar-refractivity contribution is -0.117. The summed E-state index contributed by atoms with van der Waals surface area (Å²) in [4.78, 5) is 28.9. The van der Waals surface area contributed by atoms with Crippen molar-refractivity contribution in [2.45, 2.75) is 58.0 Å². The van der Waals surface area contributed by atoms with Gasteiger partial charge in [0.1, 0.15) is 6.61 Å². The predicted octanol–water partition coefficient (Wildman–Crippen LogP) is 7.12. The topological polar surface area (TPSA) is 55.8 Å². The Labute approximate surface area is 225 Å². The molecule has 188 valence electrons. The zero-order chi connectivity index (χ0) is 25.4. The molecule has 3 aliphatic rings. The van der Waals surface area contributed by atoms with Gasteiger partial charge in [0.15, 0.2) is 23.1 Å². The zero-order valence-electron chi connectivity index (χ0n) is 20.5. The Bertz CT molecular complexity index is 1250. The third-order valence-corrected chi connectivity index (χ3v) is 8.28. The smallest absolute Gasteiger partial charge is 0.175 e. The average Bonchev–Trinajstić information content (AvgIpc) is 2.87. The van der Waals surface area contributed by atoms with E-state index in [1.54, 1.807) is 7.11 Å². The quantitative estimate of drug-likeness (QED) is 0.370. The van der Waals surface area contributed by atoms with E-state index in [1.807, 2.05) is 36.4 Å². The van der Waals surface area contributed by atoms with E-state index in [9.17, 15) is 9.59 Å². The number of carbonyl (C=O) groups is 2. The van der Waals surface area contributed by atoms with Gasteiger partial charge in [-0.25, -0.2) is 0 Å². The van der Waals surface area contributed by atoms with Crippen LogP contribution in [0.15, 0.2) is 63.4 Å². The van der Waals surface area contributed by atoms with E-state index >= 15 is 0 Å². The molecule has 0 fully saturated rings. The molecule has 0 saturated carbocycles. The fourth-order valence-corrected chi connectivity index (χ4v) is 6.51. The molecule has 5 nitrogen and oxygen atoms in total. The molecule has 7 heteroatoms. The number of halogens is 2. The highest BCUT2D eigenvalue weighted by Crippen LogP contribution is 2.51. The first kappa shape index (κ1) is 25.1. The minimum absolute atomic E-state index is 0.138. The van der Waals surface area contributed by atoms with E-state index in [0.717, 1.165) is 65.9 Å². The van der Waals surface area contributed by atoms with Crippen molar-refractivity contribution in [1.82, 2.24) is 4.90 Å². The molecule has 0 amide bonds. The number of nitrogens with zero attached hydrogens (tertiary/aromatic N) is 1. The maximum atomic E-state index is 13.4. The van der Waals surface area contributed by atoms with Crippen LogP contribution in [0.5, 0.6) is 11.5 Å². The summed E-state index contributed by atoms with van der Waals surface area (Å²) in [7, 11) is 1.60. The van der Waals surface area contributed by atoms with E-state index in [-0.39, 0.29) is 24.1 Å². The van der Waals surface area contributed by atoms with Crippen molar-refractivity contribution < 1.29 is 19.1 Å². The number of methoxy groups -OCH3 is 1.